The van der Waals surface area contributed by atoms with Gasteiger partial charge in [-0.1, -0.05) is 6.07 Å². The van der Waals surface area contributed by atoms with Crippen LogP contribution in [0.2, 0.25) is 0 Å². The number of benzene rings is 2. The lowest BCUT2D eigenvalue weighted by molar-refractivity contribution is 0.583. The molecule has 0 spiro atoms. The molecule has 0 atom stereocenters. The average molecular weight is 394 g/mol. The Labute approximate surface area is 154 Å². The molecule has 0 amide bonds. The molecule has 3 rings (SSSR count). The third kappa shape index (κ3) is 3.76. The number of hydrogen-bond donors (Lipinski definition) is 0. The SMILES string of the molecule is Cc1nc(CN(c2ccc(F)cc2)S(=O)(=O)c2ccc(C)c(F)c2)cs1. The summed E-state index contributed by atoms with van der Waals surface area (Å²) in [7, 11) is -4.06. The fourth-order valence-corrected chi connectivity index (χ4v) is 4.46. The lowest BCUT2D eigenvalue weighted by Crippen LogP contribution is -2.30. The van der Waals surface area contributed by atoms with Crippen LogP contribution in [0.1, 0.15) is 16.3 Å². The predicted octanol–water partition coefficient (Wildman–Crippen LogP) is 4.43. The van der Waals surface area contributed by atoms with Crippen molar-refractivity contribution in [3.05, 3.63) is 75.7 Å². The molecule has 0 saturated carbocycles. The van der Waals surface area contributed by atoms with Gasteiger partial charge in [0.15, 0.2) is 0 Å². The van der Waals surface area contributed by atoms with Crippen LogP contribution in [-0.2, 0) is 16.6 Å². The van der Waals surface area contributed by atoms with Crippen molar-refractivity contribution in [1.29, 1.82) is 0 Å². The Hall–Kier alpha value is -2.32. The molecule has 1 heterocycles. The molecule has 0 fully saturated rings. The van der Waals surface area contributed by atoms with Crippen LogP contribution in [-0.4, -0.2) is 13.4 Å². The Morgan fingerprint density at radius 2 is 1.77 bits per heavy atom. The Morgan fingerprint density at radius 3 is 2.35 bits per heavy atom. The van der Waals surface area contributed by atoms with E-state index in [0.29, 0.717) is 11.3 Å². The molecular weight excluding hydrogens is 378 g/mol. The number of aromatic nitrogens is 1. The van der Waals surface area contributed by atoms with Crippen LogP contribution in [0.15, 0.2) is 52.7 Å². The second kappa shape index (κ2) is 7.13. The van der Waals surface area contributed by atoms with Gasteiger partial charge in [0.25, 0.3) is 10.0 Å². The Kier molecular flexibility index (Phi) is 5.06. The lowest BCUT2D eigenvalue weighted by atomic mass is 10.2. The van der Waals surface area contributed by atoms with Crippen molar-refractivity contribution in [2.24, 2.45) is 0 Å². The summed E-state index contributed by atoms with van der Waals surface area (Å²) in [5.41, 5.74) is 1.19. The summed E-state index contributed by atoms with van der Waals surface area (Å²) in [4.78, 5) is 4.13. The van der Waals surface area contributed by atoms with Crippen LogP contribution < -0.4 is 4.31 Å². The molecule has 0 aliphatic rings. The van der Waals surface area contributed by atoms with Gasteiger partial charge >= 0.3 is 0 Å². The number of nitrogens with zero attached hydrogens (tertiary/aromatic N) is 2. The summed E-state index contributed by atoms with van der Waals surface area (Å²) in [6, 6.07) is 8.87. The van der Waals surface area contributed by atoms with Crippen molar-refractivity contribution < 1.29 is 17.2 Å². The van der Waals surface area contributed by atoms with Crippen LogP contribution in [0, 0.1) is 25.5 Å². The number of rotatable bonds is 5. The van der Waals surface area contributed by atoms with Gasteiger partial charge in [0, 0.05) is 5.38 Å². The highest BCUT2D eigenvalue weighted by Crippen LogP contribution is 2.27. The standard InChI is InChI=1S/C18H16F2N2O2S2/c1-12-3-8-17(9-18(12)20)26(23,24)22(10-15-11-25-13(2)21-15)16-6-4-14(19)5-7-16/h3-9,11H,10H2,1-2H3. The number of halogens is 2. The third-order valence-corrected chi connectivity index (χ3v) is 6.41. The molecule has 2 aromatic carbocycles. The first kappa shape index (κ1) is 18.5. The van der Waals surface area contributed by atoms with Gasteiger partial charge in [-0.25, -0.2) is 22.2 Å². The number of thiazole rings is 1. The second-order valence-electron chi connectivity index (χ2n) is 5.76. The second-order valence-corrected chi connectivity index (χ2v) is 8.68. The quantitative estimate of drug-likeness (QED) is 0.643. The number of sulfonamides is 1. The first-order chi connectivity index (χ1) is 12.3. The molecule has 0 bridgehead atoms. The highest BCUT2D eigenvalue weighted by atomic mass is 32.2. The highest BCUT2D eigenvalue weighted by molar-refractivity contribution is 7.92. The van der Waals surface area contributed by atoms with Crippen LogP contribution in [0.25, 0.3) is 0 Å². The molecule has 3 aromatic rings. The number of aryl methyl sites for hydroxylation is 2. The van der Waals surface area contributed by atoms with E-state index < -0.39 is 21.7 Å². The van der Waals surface area contributed by atoms with E-state index in [9.17, 15) is 17.2 Å². The molecule has 1 aromatic heterocycles. The Balaban J connectivity index is 2.08. The topological polar surface area (TPSA) is 50.3 Å². The molecule has 0 radical (unpaired) electrons. The zero-order valence-electron chi connectivity index (χ0n) is 14.1. The van der Waals surface area contributed by atoms with Crippen LogP contribution in [0.3, 0.4) is 0 Å². The van der Waals surface area contributed by atoms with E-state index >= 15 is 0 Å². The first-order valence-electron chi connectivity index (χ1n) is 7.73. The number of hydrogen-bond acceptors (Lipinski definition) is 4. The van der Waals surface area contributed by atoms with Crippen molar-refractivity contribution >= 4 is 27.0 Å². The maximum absolute atomic E-state index is 13.9. The molecule has 26 heavy (non-hydrogen) atoms. The molecule has 136 valence electrons. The van der Waals surface area contributed by atoms with E-state index in [1.54, 1.807) is 12.3 Å². The van der Waals surface area contributed by atoms with Gasteiger partial charge in [-0.3, -0.25) is 4.31 Å². The minimum Gasteiger partial charge on any atom is -0.260 e. The van der Waals surface area contributed by atoms with Crippen molar-refractivity contribution in [3.63, 3.8) is 0 Å². The highest BCUT2D eigenvalue weighted by Gasteiger charge is 2.26. The van der Waals surface area contributed by atoms with E-state index in [1.807, 2.05) is 6.92 Å². The number of anilines is 1. The fraction of sp³-hybridized carbons (Fsp3) is 0.167. The molecule has 4 nitrogen and oxygen atoms in total. The molecule has 0 N–H and O–H groups in total. The molecule has 0 aliphatic carbocycles. The van der Waals surface area contributed by atoms with E-state index in [1.165, 1.54) is 47.7 Å². The lowest BCUT2D eigenvalue weighted by Gasteiger charge is -2.24. The summed E-state index contributed by atoms with van der Waals surface area (Å²) in [6.45, 7) is 3.34. The van der Waals surface area contributed by atoms with Crippen LogP contribution in [0.5, 0.6) is 0 Å². The zero-order valence-corrected chi connectivity index (χ0v) is 15.7. The third-order valence-electron chi connectivity index (χ3n) is 3.82. The monoisotopic (exact) mass is 394 g/mol. The van der Waals surface area contributed by atoms with Crippen molar-refractivity contribution in [2.45, 2.75) is 25.3 Å². The van der Waals surface area contributed by atoms with Gasteiger partial charge < -0.3 is 0 Å². The maximum atomic E-state index is 13.9. The van der Waals surface area contributed by atoms with Crippen molar-refractivity contribution in [3.8, 4) is 0 Å². The van der Waals surface area contributed by atoms with Gasteiger partial charge in [0.2, 0.25) is 0 Å². The largest absolute Gasteiger partial charge is 0.264 e. The van der Waals surface area contributed by atoms with Gasteiger partial charge in [0.1, 0.15) is 11.6 Å². The van der Waals surface area contributed by atoms with Crippen LogP contribution >= 0.6 is 11.3 Å². The van der Waals surface area contributed by atoms with Crippen LogP contribution in [0.4, 0.5) is 14.5 Å². The normalized spacial score (nSPS) is 11.5. The molecular formula is C18H16F2N2O2S2. The van der Waals surface area contributed by atoms with E-state index in [2.05, 4.69) is 4.98 Å². The summed E-state index contributed by atoms with van der Waals surface area (Å²) in [6.07, 6.45) is 0. The summed E-state index contributed by atoms with van der Waals surface area (Å²) in [5.74, 6) is -1.08. The van der Waals surface area contributed by atoms with E-state index in [4.69, 9.17) is 0 Å². The average Bonchev–Trinajstić information content (AvgIpc) is 3.01. The smallest absolute Gasteiger partial charge is 0.260 e. The minimum absolute atomic E-state index is 0.0339. The van der Waals surface area contributed by atoms with Gasteiger partial charge in [-0.05, 0) is 55.8 Å². The zero-order chi connectivity index (χ0) is 18.9. The summed E-state index contributed by atoms with van der Waals surface area (Å²) in [5, 5.41) is 2.56. The van der Waals surface area contributed by atoms with E-state index in [0.717, 1.165) is 15.4 Å². The van der Waals surface area contributed by atoms with Gasteiger partial charge in [-0.2, -0.15) is 0 Å². The molecule has 8 heteroatoms. The first-order valence-corrected chi connectivity index (χ1v) is 10.0. The Bertz CT molecular complexity index is 1030. The fourth-order valence-electron chi connectivity index (χ4n) is 2.41. The van der Waals surface area contributed by atoms with Crippen molar-refractivity contribution in [1.82, 2.24) is 4.98 Å². The minimum atomic E-state index is -4.06. The maximum Gasteiger partial charge on any atom is 0.264 e. The van der Waals surface area contributed by atoms with E-state index in [-0.39, 0.29) is 17.1 Å². The van der Waals surface area contributed by atoms with Crippen molar-refractivity contribution in [2.75, 3.05) is 4.31 Å². The predicted molar refractivity (Wildman–Crippen MR) is 97.8 cm³/mol. The summed E-state index contributed by atoms with van der Waals surface area (Å²) >= 11 is 1.40. The van der Waals surface area contributed by atoms with Gasteiger partial charge in [-0.15, -0.1) is 11.3 Å². The molecule has 0 aliphatic heterocycles. The molecule has 0 unspecified atom stereocenters. The summed E-state index contributed by atoms with van der Waals surface area (Å²) < 4.78 is 54.6. The Morgan fingerprint density at radius 1 is 1.08 bits per heavy atom. The van der Waals surface area contributed by atoms with Gasteiger partial charge in [0.05, 0.1) is 27.8 Å². The molecule has 0 saturated heterocycles.